The molecule has 0 amide bonds. The molecule has 2 aromatic rings. The summed E-state index contributed by atoms with van der Waals surface area (Å²) in [5.41, 5.74) is -0.618. The van der Waals surface area contributed by atoms with Crippen LogP contribution in [-0.4, -0.2) is 23.4 Å². The Kier molecular flexibility index (Phi) is 3.83. The highest BCUT2D eigenvalue weighted by atomic mass is 35.5. The van der Waals surface area contributed by atoms with Gasteiger partial charge < -0.3 is 4.74 Å². The number of sulfone groups is 1. The molecule has 1 heterocycles. The molecule has 0 bridgehead atoms. The van der Waals surface area contributed by atoms with Gasteiger partial charge in [-0.15, -0.1) is 4.37 Å². The molecule has 2 rings (SSSR count). The van der Waals surface area contributed by atoms with Crippen molar-refractivity contribution < 1.29 is 13.2 Å². The molecule has 9 heteroatoms. The van der Waals surface area contributed by atoms with Crippen LogP contribution in [0, 0.1) is 0 Å². The Balaban J connectivity index is 2.30. The van der Waals surface area contributed by atoms with Gasteiger partial charge in [0.25, 0.3) is 11.3 Å². The van der Waals surface area contributed by atoms with Gasteiger partial charge in [0.1, 0.15) is 5.75 Å². The van der Waals surface area contributed by atoms with E-state index in [1.54, 1.807) is 0 Å². The van der Waals surface area contributed by atoms with Crippen molar-refractivity contribution in [3.05, 3.63) is 39.6 Å². The fourth-order valence-electron chi connectivity index (χ4n) is 1.20. The molecule has 0 radical (unpaired) electrons. The molecular formula is C10H7ClN2O4S2. The lowest BCUT2D eigenvalue weighted by atomic mass is 10.3. The second kappa shape index (κ2) is 5.24. The Labute approximate surface area is 117 Å². The summed E-state index contributed by atoms with van der Waals surface area (Å²) < 4.78 is 35.0. The van der Waals surface area contributed by atoms with Gasteiger partial charge in [0.15, 0.2) is 15.0 Å². The van der Waals surface area contributed by atoms with Crippen molar-refractivity contribution in [1.82, 2.24) is 8.75 Å². The van der Waals surface area contributed by atoms with Crippen molar-refractivity contribution in [3.63, 3.8) is 0 Å². The van der Waals surface area contributed by atoms with Crippen molar-refractivity contribution in [2.45, 2.75) is 4.90 Å². The third-order valence-electron chi connectivity index (χ3n) is 2.09. The average molecular weight is 319 g/mol. The molecule has 0 saturated heterocycles. The molecule has 6 nitrogen and oxygen atoms in total. The van der Waals surface area contributed by atoms with Gasteiger partial charge >= 0.3 is 0 Å². The standard InChI is InChI=1S/C10H7ClN2O4S2/c1-19(15,16)7-4-2-6(3-5-7)17-10-8(14)9(11)12-18-13-10/h2-5H,1H3. The lowest BCUT2D eigenvalue weighted by Crippen LogP contribution is -2.07. The Morgan fingerprint density at radius 2 is 1.84 bits per heavy atom. The summed E-state index contributed by atoms with van der Waals surface area (Å²) in [4.78, 5) is 11.7. The predicted molar refractivity (Wildman–Crippen MR) is 70.8 cm³/mol. The number of halogens is 1. The van der Waals surface area contributed by atoms with Gasteiger partial charge in [-0.05, 0) is 24.3 Å². The van der Waals surface area contributed by atoms with Crippen molar-refractivity contribution in [1.29, 1.82) is 0 Å². The van der Waals surface area contributed by atoms with E-state index >= 15 is 0 Å². The second-order valence-electron chi connectivity index (χ2n) is 3.53. The molecule has 0 aliphatic carbocycles. The van der Waals surface area contributed by atoms with E-state index in [1.807, 2.05) is 0 Å². The molecule has 0 saturated carbocycles. The Morgan fingerprint density at radius 1 is 1.21 bits per heavy atom. The maximum atomic E-state index is 11.5. The number of nitrogens with zero attached hydrogens (tertiary/aromatic N) is 2. The molecular weight excluding hydrogens is 312 g/mol. The monoisotopic (exact) mass is 318 g/mol. The number of rotatable bonds is 3. The topological polar surface area (TPSA) is 86.2 Å². The van der Waals surface area contributed by atoms with E-state index in [9.17, 15) is 13.2 Å². The summed E-state index contributed by atoms with van der Waals surface area (Å²) in [6, 6.07) is 5.61. The van der Waals surface area contributed by atoms with Crippen molar-refractivity contribution >= 4 is 33.2 Å². The van der Waals surface area contributed by atoms with Gasteiger partial charge in [-0.25, -0.2) is 8.42 Å². The van der Waals surface area contributed by atoms with E-state index in [-0.39, 0.29) is 21.7 Å². The number of aromatic nitrogens is 2. The summed E-state index contributed by atoms with van der Waals surface area (Å²) in [7, 11) is -3.27. The first-order chi connectivity index (χ1) is 8.88. The molecule has 19 heavy (non-hydrogen) atoms. The summed E-state index contributed by atoms with van der Waals surface area (Å²) in [6.45, 7) is 0. The van der Waals surface area contributed by atoms with Gasteiger partial charge in [0.2, 0.25) is 0 Å². The largest absolute Gasteiger partial charge is 0.435 e. The van der Waals surface area contributed by atoms with Crippen LogP contribution in [0.5, 0.6) is 11.6 Å². The van der Waals surface area contributed by atoms with Gasteiger partial charge in [-0.2, -0.15) is 4.37 Å². The molecule has 0 spiro atoms. The van der Waals surface area contributed by atoms with Crippen LogP contribution in [0.3, 0.4) is 0 Å². The Morgan fingerprint density at radius 3 is 2.42 bits per heavy atom. The van der Waals surface area contributed by atoms with E-state index in [1.165, 1.54) is 24.3 Å². The first kappa shape index (κ1) is 13.9. The molecule has 1 aromatic carbocycles. The van der Waals surface area contributed by atoms with Crippen LogP contribution in [0.15, 0.2) is 34.0 Å². The Bertz CT molecular complexity index is 756. The van der Waals surface area contributed by atoms with Crippen molar-refractivity contribution in [3.8, 4) is 11.6 Å². The van der Waals surface area contributed by atoms with E-state index < -0.39 is 15.3 Å². The van der Waals surface area contributed by atoms with E-state index in [0.29, 0.717) is 0 Å². The molecule has 100 valence electrons. The van der Waals surface area contributed by atoms with Gasteiger partial charge in [-0.1, -0.05) is 11.6 Å². The summed E-state index contributed by atoms with van der Waals surface area (Å²) in [5, 5.41) is -0.220. The number of ether oxygens (including phenoxy) is 1. The molecule has 0 aliphatic heterocycles. The quantitative estimate of drug-likeness (QED) is 0.857. The zero-order chi connectivity index (χ0) is 14.0. The minimum atomic E-state index is -3.27. The summed E-state index contributed by atoms with van der Waals surface area (Å²) >= 11 is 6.30. The lowest BCUT2D eigenvalue weighted by molar-refractivity contribution is 0.461. The summed E-state index contributed by atoms with van der Waals surface area (Å²) in [5.74, 6) is 0.0866. The molecule has 0 unspecified atom stereocenters. The van der Waals surface area contributed by atoms with Gasteiger partial charge in [-0.3, -0.25) is 4.79 Å². The van der Waals surface area contributed by atoms with Crippen molar-refractivity contribution in [2.24, 2.45) is 0 Å². The van der Waals surface area contributed by atoms with Crippen LogP contribution in [0.4, 0.5) is 0 Å². The minimum absolute atomic E-state index is 0.158. The van der Waals surface area contributed by atoms with Crippen LogP contribution < -0.4 is 10.2 Å². The van der Waals surface area contributed by atoms with Crippen LogP contribution in [0.1, 0.15) is 0 Å². The maximum absolute atomic E-state index is 11.5. The lowest BCUT2D eigenvalue weighted by Gasteiger charge is -2.04. The smallest absolute Gasteiger partial charge is 0.283 e. The molecule has 0 fully saturated rings. The fourth-order valence-corrected chi connectivity index (χ4v) is 2.39. The molecule has 0 N–H and O–H groups in total. The molecule has 0 aliphatic rings. The van der Waals surface area contributed by atoms with Gasteiger partial charge in [0.05, 0.1) is 16.6 Å². The number of hydrogen-bond donors (Lipinski definition) is 0. The average Bonchev–Trinajstić information content (AvgIpc) is 2.35. The zero-order valence-corrected chi connectivity index (χ0v) is 11.9. The van der Waals surface area contributed by atoms with Crippen LogP contribution >= 0.6 is 23.3 Å². The van der Waals surface area contributed by atoms with Crippen LogP contribution in [0.25, 0.3) is 0 Å². The van der Waals surface area contributed by atoms with E-state index in [2.05, 4.69) is 8.75 Å². The SMILES string of the molecule is CS(=O)(=O)c1ccc(Oc2nsnc(Cl)c2=O)cc1. The first-order valence-corrected chi connectivity index (χ1v) is 7.88. The third kappa shape index (κ3) is 3.28. The zero-order valence-electron chi connectivity index (χ0n) is 9.53. The summed E-state index contributed by atoms with van der Waals surface area (Å²) in [6.07, 6.45) is 1.10. The highest BCUT2D eigenvalue weighted by Gasteiger charge is 2.11. The predicted octanol–water partition coefficient (Wildman–Crippen LogP) is 1.75. The van der Waals surface area contributed by atoms with Crippen LogP contribution in [0.2, 0.25) is 5.15 Å². The number of benzene rings is 1. The first-order valence-electron chi connectivity index (χ1n) is 4.88. The number of hydrogen-bond acceptors (Lipinski definition) is 7. The highest BCUT2D eigenvalue weighted by Crippen LogP contribution is 2.20. The van der Waals surface area contributed by atoms with Crippen LogP contribution in [-0.2, 0) is 9.84 Å². The van der Waals surface area contributed by atoms with Crippen molar-refractivity contribution in [2.75, 3.05) is 6.26 Å². The minimum Gasteiger partial charge on any atom is -0.435 e. The maximum Gasteiger partial charge on any atom is 0.283 e. The molecule has 1 aromatic heterocycles. The molecule has 0 atom stereocenters. The second-order valence-corrected chi connectivity index (χ2v) is 6.44. The van der Waals surface area contributed by atoms with E-state index in [4.69, 9.17) is 16.3 Å². The van der Waals surface area contributed by atoms with Gasteiger partial charge in [0, 0.05) is 6.26 Å². The highest BCUT2D eigenvalue weighted by molar-refractivity contribution is 7.90. The third-order valence-corrected chi connectivity index (χ3v) is 4.09. The fraction of sp³-hybridized carbons (Fsp3) is 0.100. The van der Waals surface area contributed by atoms with E-state index in [0.717, 1.165) is 18.0 Å². The normalized spacial score (nSPS) is 11.3. The Hall–Kier alpha value is -1.51.